The van der Waals surface area contributed by atoms with E-state index in [-0.39, 0.29) is 17.0 Å². The van der Waals surface area contributed by atoms with Gasteiger partial charge in [0.1, 0.15) is 6.07 Å². The van der Waals surface area contributed by atoms with Crippen molar-refractivity contribution >= 4 is 21.4 Å². The highest BCUT2D eigenvalue weighted by molar-refractivity contribution is 7.89. The quantitative estimate of drug-likeness (QED) is 0.919. The number of nitrogens with zero attached hydrogens (tertiary/aromatic N) is 2. The van der Waals surface area contributed by atoms with E-state index < -0.39 is 10.0 Å². The fraction of sp³-hybridized carbons (Fsp3) is 0.0909. The van der Waals surface area contributed by atoms with Crippen LogP contribution in [0.3, 0.4) is 0 Å². The van der Waals surface area contributed by atoms with Gasteiger partial charge < -0.3 is 0 Å². The molecule has 1 heterocycles. The van der Waals surface area contributed by atoms with Gasteiger partial charge in [-0.2, -0.15) is 5.26 Å². The molecule has 0 saturated heterocycles. The van der Waals surface area contributed by atoms with Crippen LogP contribution in [0.25, 0.3) is 0 Å². The summed E-state index contributed by atoms with van der Waals surface area (Å²) in [5.74, 6) is 0. The summed E-state index contributed by atoms with van der Waals surface area (Å²) in [7, 11) is -3.69. The predicted octanol–water partition coefficient (Wildman–Crippen LogP) is 1.49. The van der Waals surface area contributed by atoms with Crippen LogP contribution in [0.5, 0.6) is 0 Å². The van der Waals surface area contributed by atoms with E-state index in [2.05, 4.69) is 9.71 Å². The number of sulfonamides is 1. The van der Waals surface area contributed by atoms with Gasteiger partial charge in [-0.25, -0.2) is 18.1 Å². The Labute approximate surface area is 109 Å². The van der Waals surface area contributed by atoms with E-state index in [0.717, 1.165) is 0 Å². The monoisotopic (exact) mass is 279 g/mol. The van der Waals surface area contributed by atoms with Gasteiger partial charge in [-0.05, 0) is 12.1 Å². The summed E-state index contributed by atoms with van der Waals surface area (Å²) in [4.78, 5) is 3.97. The second-order valence-corrected chi connectivity index (χ2v) is 5.87. The van der Waals surface area contributed by atoms with Crippen molar-refractivity contribution in [3.8, 4) is 6.07 Å². The molecule has 0 aliphatic heterocycles. The molecule has 0 radical (unpaired) electrons. The zero-order valence-electron chi connectivity index (χ0n) is 9.20. The number of hydrogen-bond donors (Lipinski definition) is 1. The summed E-state index contributed by atoms with van der Waals surface area (Å²) < 4.78 is 26.5. The van der Waals surface area contributed by atoms with Crippen LogP contribution in [0, 0.1) is 11.3 Å². The molecule has 18 heavy (non-hydrogen) atoms. The minimum absolute atomic E-state index is 0.0114. The first-order chi connectivity index (χ1) is 8.63. The first kappa shape index (κ1) is 12.7. The average Bonchev–Trinajstić information content (AvgIpc) is 2.89. The van der Waals surface area contributed by atoms with E-state index >= 15 is 0 Å². The Morgan fingerprint density at radius 2 is 2.17 bits per heavy atom. The van der Waals surface area contributed by atoms with Crippen LogP contribution in [0.15, 0.2) is 40.1 Å². The molecule has 7 heteroatoms. The number of rotatable bonds is 4. The lowest BCUT2D eigenvalue weighted by Crippen LogP contribution is -2.24. The van der Waals surface area contributed by atoms with E-state index in [1.807, 2.05) is 6.07 Å². The van der Waals surface area contributed by atoms with Crippen molar-refractivity contribution in [2.24, 2.45) is 0 Å². The van der Waals surface area contributed by atoms with Crippen molar-refractivity contribution in [1.29, 1.82) is 5.26 Å². The van der Waals surface area contributed by atoms with Gasteiger partial charge in [0, 0.05) is 5.38 Å². The molecule has 92 valence electrons. The molecule has 1 N–H and O–H groups in total. The van der Waals surface area contributed by atoms with Gasteiger partial charge in [-0.3, -0.25) is 0 Å². The number of thiazole rings is 1. The zero-order chi connectivity index (χ0) is 13.0. The fourth-order valence-electron chi connectivity index (χ4n) is 1.36. The largest absolute Gasteiger partial charge is 0.248 e. The third-order valence-electron chi connectivity index (χ3n) is 2.22. The minimum Gasteiger partial charge on any atom is -0.248 e. The molecule has 1 aromatic carbocycles. The molecular formula is C11H9N3O2S2. The van der Waals surface area contributed by atoms with Crippen molar-refractivity contribution in [3.63, 3.8) is 0 Å². The Morgan fingerprint density at radius 1 is 1.39 bits per heavy atom. The van der Waals surface area contributed by atoms with Crippen LogP contribution < -0.4 is 4.72 Å². The fourth-order valence-corrected chi connectivity index (χ4v) is 3.08. The van der Waals surface area contributed by atoms with E-state index in [1.54, 1.807) is 23.0 Å². The molecule has 0 saturated carbocycles. The SMILES string of the molecule is N#Cc1ccccc1S(=O)(=O)NCc1cscn1. The topological polar surface area (TPSA) is 82.8 Å². The maximum atomic E-state index is 12.0. The Bertz CT molecular complexity index is 673. The Kier molecular flexibility index (Phi) is 3.72. The van der Waals surface area contributed by atoms with Gasteiger partial charge in [0.25, 0.3) is 0 Å². The number of nitriles is 1. The summed E-state index contributed by atoms with van der Waals surface area (Å²) >= 11 is 1.40. The van der Waals surface area contributed by atoms with Crippen LogP contribution >= 0.6 is 11.3 Å². The van der Waals surface area contributed by atoms with Crippen LogP contribution in [0.2, 0.25) is 0 Å². The summed E-state index contributed by atoms with van der Waals surface area (Å²) in [6.07, 6.45) is 0. The first-order valence-electron chi connectivity index (χ1n) is 4.99. The lowest BCUT2D eigenvalue weighted by molar-refractivity contribution is 0.580. The zero-order valence-corrected chi connectivity index (χ0v) is 10.8. The summed E-state index contributed by atoms with van der Waals surface area (Å²) in [6, 6.07) is 7.94. The molecule has 0 amide bonds. The maximum Gasteiger partial charge on any atom is 0.242 e. The Balaban J connectivity index is 2.23. The molecule has 0 fully saturated rings. The second kappa shape index (κ2) is 5.27. The van der Waals surface area contributed by atoms with E-state index in [9.17, 15) is 8.42 Å². The van der Waals surface area contributed by atoms with Crippen molar-refractivity contribution in [3.05, 3.63) is 46.4 Å². The minimum atomic E-state index is -3.69. The molecular weight excluding hydrogens is 270 g/mol. The lowest BCUT2D eigenvalue weighted by Gasteiger charge is -2.06. The average molecular weight is 279 g/mol. The first-order valence-corrected chi connectivity index (χ1v) is 7.42. The summed E-state index contributed by atoms with van der Waals surface area (Å²) in [5, 5.41) is 10.6. The maximum absolute atomic E-state index is 12.0. The lowest BCUT2D eigenvalue weighted by atomic mass is 10.2. The van der Waals surface area contributed by atoms with Crippen LogP contribution in [0.4, 0.5) is 0 Å². The summed E-state index contributed by atoms with van der Waals surface area (Å²) in [6.45, 7) is 0.117. The molecule has 0 bridgehead atoms. The van der Waals surface area contributed by atoms with E-state index in [1.165, 1.54) is 23.5 Å². The molecule has 0 spiro atoms. The molecule has 0 unspecified atom stereocenters. The Hall–Kier alpha value is -1.75. The molecule has 5 nitrogen and oxygen atoms in total. The van der Waals surface area contributed by atoms with Gasteiger partial charge in [0.15, 0.2) is 0 Å². The standard InChI is InChI=1S/C11H9N3O2S2/c12-5-9-3-1-2-4-11(9)18(15,16)14-6-10-7-17-8-13-10/h1-4,7-8,14H,6H2. The van der Waals surface area contributed by atoms with Crippen molar-refractivity contribution in [2.75, 3.05) is 0 Å². The highest BCUT2D eigenvalue weighted by Gasteiger charge is 2.17. The second-order valence-electron chi connectivity index (χ2n) is 3.41. The van der Waals surface area contributed by atoms with E-state index in [0.29, 0.717) is 5.69 Å². The van der Waals surface area contributed by atoms with Crippen molar-refractivity contribution < 1.29 is 8.42 Å². The number of hydrogen-bond acceptors (Lipinski definition) is 5. The predicted molar refractivity (Wildman–Crippen MR) is 67.3 cm³/mol. The molecule has 2 rings (SSSR count). The van der Waals surface area contributed by atoms with Crippen LogP contribution in [-0.4, -0.2) is 13.4 Å². The van der Waals surface area contributed by atoms with Crippen LogP contribution in [0.1, 0.15) is 11.3 Å². The third-order valence-corrected chi connectivity index (χ3v) is 4.32. The third kappa shape index (κ3) is 2.73. The number of benzene rings is 1. The van der Waals surface area contributed by atoms with Gasteiger partial charge in [0.2, 0.25) is 10.0 Å². The molecule has 2 aromatic rings. The van der Waals surface area contributed by atoms with E-state index in [4.69, 9.17) is 5.26 Å². The smallest absolute Gasteiger partial charge is 0.242 e. The normalized spacial score (nSPS) is 11.1. The highest BCUT2D eigenvalue weighted by atomic mass is 32.2. The van der Waals surface area contributed by atoms with Gasteiger partial charge in [-0.1, -0.05) is 12.1 Å². The van der Waals surface area contributed by atoms with Gasteiger partial charge in [-0.15, -0.1) is 11.3 Å². The molecule has 0 aliphatic carbocycles. The number of nitrogens with one attached hydrogen (secondary N) is 1. The van der Waals surface area contributed by atoms with Crippen molar-refractivity contribution in [2.45, 2.75) is 11.4 Å². The Morgan fingerprint density at radius 3 is 2.83 bits per heavy atom. The van der Waals surface area contributed by atoms with Gasteiger partial charge in [0.05, 0.1) is 28.2 Å². The number of aromatic nitrogens is 1. The van der Waals surface area contributed by atoms with Crippen molar-refractivity contribution in [1.82, 2.24) is 9.71 Å². The molecule has 0 atom stereocenters. The van der Waals surface area contributed by atoms with Crippen LogP contribution in [-0.2, 0) is 16.6 Å². The molecule has 1 aromatic heterocycles. The summed E-state index contributed by atoms with van der Waals surface area (Å²) in [5.41, 5.74) is 2.41. The highest BCUT2D eigenvalue weighted by Crippen LogP contribution is 2.14. The van der Waals surface area contributed by atoms with Gasteiger partial charge >= 0.3 is 0 Å². The molecule has 0 aliphatic rings.